The van der Waals surface area contributed by atoms with Crippen LogP contribution >= 0.6 is 0 Å². The van der Waals surface area contributed by atoms with E-state index in [0.717, 1.165) is 5.56 Å². The van der Waals surface area contributed by atoms with Crippen molar-refractivity contribution >= 4 is 29.7 Å². The molecule has 2 amide bonds. The summed E-state index contributed by atoms with van der Waals surface area (Å²) in [6.45, 7) is -0.335. The lowest BCUT2D eigenvalue weighted by Crippen LogP contribution is -2.49. The van der Waals surface area contributed by atoms with E-state index in [2.05, 4.69) is 20.1 Å². The zero-order valence-electron chi connectivity index (χ0n) is 22.3. The molecule has 11 heteroatoms. The minimum absolute atomic E-state index is 0.0574. The number of rotatable bonds is 15. The summed E-state index contributed by atoms with van der Waals surface area (Å²) in [5.41, 5.74) is 1.63. The highest BCUT2D eigenvalue weighted by Crippen LogP contribution is 2.16. The van der Waals surface area contributed by atoms with Crippen LogP contribution in [0, 0.1) is 0 Å². The van der Waals surface area contributed by atoms with Crippen LogP contribution in [0.3, 0.4) is 0 Å². The van der Waals surface area contributed by atoms with Crippen LogP contribution in [0.2, 0.25) is 0 Å². The molecule has 0 spiro atoms. The first-order chi connectivity index (χ1) is 18.7. The SMILES string of the molecule is COC(=O)CCCC(=O)Oc1ccc(CC(NC(=O)CCc2ccc(OC)cc2)C(=O)NCC(=O)OC)cc1. The molecule has 11 nitrogen and oxygen atoms in total. The lowest BCUT2D eigenvalue weighted by Gasteiger charge is -2.19. The third kappa shape index (κ3) is 11.7. The number of carbonyl (C=O) groups is 5. The predicted molar refractivity (Wildman–Crippen MR) is 140 cm³/mol. The van der Waals surface area contributed by atoms with E-state index in [1.807, 2.05) is 12.1 Å². The van der Waals surface area contributed by atoms with Crippen molar-refractivity contribution < 1.29 is 42.9 Å². The summed E-state index contributed by atoms with van der Waals surface area (Å²) in [5, 5.41) is 5.20. The molecule has 1 unspecified atom stereocenters. The van der Waals surface area contributed by atoms with Gasteiger partial charge >= 0.3 is 17.9 Å². The maximum Gasteiger partial charge on any atom is 0.325 e. The Kier molecular flexibility index (Phi) is 13.0. The first-order valence-electron chi connectivity index (χ1n) is 12.4. The van der Waals surface area contributed by atoms with Crippen molar-refractivity contribution in [3.05, 3.63) is 59.7 Å². The van der Waals surface area contributed by atoms with E-state index in [0.29, 0.717) is 29.9 Å². The van der Waals surface area contributed by atoms with Crippen LogP contribution in [-0.2, 0) is 46.3 Å². The molecule has 2 N–H and O–H groups in total. The van der Waals surface area contributed by atoms with Crippen LogP contribution < -0.4 is 20.1 Å². The maximum atomic E-state index is 12.8. The van der Waals surface area contributed by atoms with Gasteiger partial charge in [-0.15, -0.1) is 0 Å². The van der Waals surface area contributed by atoms with Crippen LogP contribution in [0.4, 0.5) is 0 Å². The fraction of sp³-hybridized carbons (Fsp3) is 0.393. The molecule has 2 aromatic rings. The normalized spacial score (nSPS) is 11.1. The number of ether oxygens (including phenoxy) is 4. The molecule has 210 valence electrons. The summed E-state index contributed by atoms with van der Waals surface area (Å²) in [6, 6.07) is 12.9. The Morgan fingerprint density at radius 1 is 0.718 bits per heavy atom. The fourth-order valence-electron chi connectivity index (χ4n) is 3.47. The Balaban J connectivity index is 1.97. The first-order valence-corrected chi connectivity index (χ1v) is 12.4. The largest absolute Gasteiger partial charge is 0.497 e. The molecule has 1 atom stereocenters. The lowest BCUT2D eigenvalue weighted by atomic mass is 10.0. The van der Waals surface area contributed by atoms with Gasteiger partial charge in [0, 0.05) is 25.7 Å². The van der Waals surface area contributed by atoms with Crippen LogP contribution in [0.1, 0.15) is 36.8 Å². The molecule has 0 saturated heterocycles. The van der Waals surface area contributed by atoms with Gasteiger partial charge in [0.25, 0.3) is 0 Å². The molecule has 0 heterocycles. The molecule has 0 fully saturated rings. The zero-order valence-corrected chi connectivity index (χ0v) is 22.3. The van der Waals surface area contributed by atoms with Gasteiger partial charge in [-0.2, -0.15) is 0 Å². The van der Waals surface area contributed by atoms with Crippen molar-refractivity contribution in [1.82, 2.24) is 10.6 Å². The third-order valence-corrected chi connectivity index (χ3v) is 5.67. The van der Waals surface area contributed by atoms with Gasteiger partial charge in [0.05, 0.1) is 21.3 Å². The van der Waals surface area contributed by atoms with Crippen LogP contribution in [-0.4, -0.2) is 63.6 Å². The molecule has 2 aromatic carbocycles. The fourth-order valence-corrected chi connectivity index (χ4v) is 3.47. The summed E-state index contributed by atoms with van der Waals surface area (Å²) < 4.78 is 19.5. The van der Waals surface area contributed by atoms with Crippen molar-refractivity contribution in [3.8, 4) is 11.5 Å². The number of hydrogen-bond acceptors (Lipinski definition) is 9. The van der Waals surface area contributed by atoms with E-state index in [1.54, 1.807) is 43.5 Å². The highest BCUT2D eigenvalue weighted by molar-refractivity contribution is 5.90. The highest BCUT2D eigenvalue weighted by atomic mass is 16.5. The average Bonchev–Trinajstić information content (AvgIpc) is 2.95. The number of hydrogen-bond donors (Lipinski definition) is 2. The Hall–Kier alpha value is -4.41. The quantitative estimate of drug-likeness (QED) is 0.254. The van der Waals surface area contributed by atoms with Gasteiger partial charge in [0.2, 0.25) is 11.8 Å². The van der Waals surface area contributed by atoms with Gasteiger partial charge in [0.1, 0.15) is 24.1 Å². The van der Waals surface area contributed by atoms with Crippen molar-refractivity contribution in [1.29, 1.82) is 0 Å². The topological polar surface area (TPSA) is 146 Å². The molecular weight excluding hydrogens is 508 g/mol. The number of amides is 2. The van der Waals surface area contributed by atoms with E-state index in [-0.39, 0.29) is 38.1 Å². The van der Waals surface area contributed by atoms with Crippen LogP contribution in [0.5, 0.6) is 11.5 Å². The summed E-state index contributed by atoms with van der Waals surface area (Å²) in [4.78, 5) is 60.0. The van der Waals surface area contributed by atoms with Crippen LogP contribution in [0.25, 0.3) is 0 Å². The van der Waals surface area contributed by atoms with Gasteiger partial charge < -0.3 is 29.6 Å². The number of methoxy groups -OCH3 is 3. The number of benzene rings is 2. The van der Waals surface area contributed by atoms with Gasteiger partial charge in [-0.1, -0.05) is 24.3 Å². The Labute approximate surface area is 227 Å². The van der Waals surface area contributed by atoms with E-state index in [1.165, 1.54) is 14.2 Å². The van der Waals surface area contributed by atoms with Crippen LogP contribution in [0.15, 0.2) is 48.5 Å². The molecule has 0 saturated carbocycles. The van der Waals surface area contributed by atoms with E-state index in [9.17, 15) is 24.0 Å². The number of carbonyl (C=O) groups excluding carboxylic acids is 5. The standard InChI is InChI=1S/C28H34N2O9/c1-36-21-12-7-19(8-13-21)11-16-24(31)30-23(28(35)29-18-27(34)38-3)17-20-9-14-22(15-10-20)39-26(33)6-4-5-25(32)37-2/h7-10,12-15,23H,4-6,11,16-18H2,1-3H3,(H,29,35)(H,30,31). The van der Waals surface area contributed by atoms with Gasteiger partial charge in [-0.25, -0.2) is 0 Å². The Morgan fingerprint density at radius 2 is 1.31 bits per heavy atom. The molecule has 0 radical (unpaired) electrons. The second kappa shape index (κ2) is 16.4. The summed E-state index contributed by atoms with van der Waals surface area (Å²) in [5.74, 6) is -1.37. The smallest absolute Gasteiger partial charge is 0.325 e. The number of nitrogens with one attached hydrogen (secondary N) is 2. The summed E-state index contributed by atoms with van der Waals surface area (Å²) >= 11 is 0. The number of aryl methyl sites for hydroxylation is 1. The van der Waals surface area contributed by atoms with E-state index >= 15 is 0 Å². The highest BCUT2D eigenvalue weighted by Gasteiger charge is 2.22. The Morgan fingerprint density at radius 3 is 1.92 bits per heavy atom. The van der Waals surface area contributed by atoms with Gasteiger partial charge in [-0.05, 0) is 48.2 Å². The second-order valence-electron chi connectivity index (χ2n) is 8.51. The molecular formula is C28H34N2O9. The predicted octanol–water partition coefficient (Wildman–Crippen LogP) is 1.89. The van der Waals surface area contributed by atoms with Gasteiger partial charge in [0.15, 0.2) is 0 Å². The molecule has 2 rings (SSSR count). The second-order valence-corrected chi connectivity index (χ2v) is 8.51. The average molecular weight is 543 g/mol. The molecule has 0 aliphatic carbocycles. The molecule has 0 aliphatic heterocycles. The van der Waals surface area contributed by atoms with Crippen molar-refractivity contribution in [2.24, 2.45) is 0 Å². The molecule has 0 aliphatic rings. The Bertz CT molecular complexity index is 1110. The zero-order chi connectivity index (χ0) is 28.6. The summed E-state index contributed by atoms with van der Waals surface area (Å²) in [7, 11) is 4.06. The third-order valence-electron chi connectivity index (χ3n) is 5.67. The monoisotopic (exact) mass is 542 g/mol. The van der Waals surface area contributed by atoms with Crippen molar-refractivity contribution in [2.75, 3.05) is 27.9 Å². The number of esters is 3. The minimum Gasteiger partial charge on any atom is -0.497 e. The molecule has 39 heavy (non-hydrogen) atoms. The van der Waals surface area contributed by atoms with E-state index in [4.69, 9.17) is 9.47 Å². The first kappa shape index (κ1) is 30.8. The minimum atomic E-state index is -0.954. The maximum absolute atomic E-state index is 12.8. The lowest BCUT2D eigenvalue weighted by molar-refractivity contribution is -0.142. The van der Waals surface area contributed by atoms with E-state index < -0.39 is 29.9 Å². The summed E-state index contributed by atoms with van der Waals surface area (Å²) in [6.07, 6.45) is 1.24. The molecule has 0 bridgehead atoms. The van der Waals surface area contributed by atoms with Crippen molar-refractivity contribution in [3.63, 3.8) is 0 Å². The van der Waals surface area contributed by atoms with Gasteiger partial charge in [-0.3, -0.25) is 24.0 Å². The molecule has 0 aromatic heterocycles. The van der Waals surface area contributed by atoms with Crippen molar-refractivity contribution in [2.45, 2.75) is 44.6 Å².